The van der Waals surface area contributed by atoms with E-state index in [0.717, 1.165) is 20.4 Å². The molecule has 106 valence electrons. The normalized spacial score (nSPS) is 15.6. The number of halogens is 1. The molecule has 0 saturated carbocycles. The van der Waals surface area contributed by atoms with Crippen LogP contribution in [0.3, 0.4) is 0 Å². The molecule has 3 nitrogen and oxygen atoms in total. The van der Waals surface area contributed by atoms with E-state index in [4.69, 9.17) is 0 Å². The molecule has 0 radical (unpaired) electrons. The lowest BCUT2D eigenvalue weighted by Gasteiger charge is -2.13. The number of anilines is 1. The van der Waals surface area contributed by atoms with Crippen LogP contribution >= 0.6 is 22.6 Å². The van der Waals surface area contributed by atoms with Gasteiger partial charge in [-0.05, 0) is 59.4 Å². The highest BCUT2D eigenvalue weighted by Crippen LogP contribution is 2.37. The largest absolute Gasteiger partial charge is 0.507 e. The molecule has 1 heterocycles. The van der Waals surface area contributed by atoms with Crippen molar-refractivity contribution in [3.63, 3.8) is 0 Å². The number of carbonyl (C=O) groups is 1. The number of fused-ring (bicyclic) bond motifs is 1. The molecular weight excluding hydrogens is 377 g/mol. The van der Waals surface area contributed by atoms with Crippen LogP contribution in [0.4, 0.5) is 5.69 Å². The van der Waals surface area contributed by atoms with Crippen molar-refractivity contribution in [1.29, 1.82) is 0 Å². The van der Waals surface area contributed by atoms with Gasteiger partial charge in [-0.3, -0.25) is 4.79 Å². The van der Waals surface area contributed by atoms with Gasteiger partial charge >= 0.3 is 0 Å². The summed E-state index contributed by atoms with van der Waals surface area (Å²) in [5.41, 5.74) is 3.54. The van der Waals surface area contributed by atoms with E-state index in [9.17, 15) is 9.90 Å². The van der Waals surface area contributed by atoms with Gasteiger partial charge in [0.2, 0.25) is 0 Å². The summed E-state index contributed by atoms with van der Waals surface area (Å²) in [5.74, 6) is 0.285. The zero-order chi connectivity index (χ0) is 15.0. The topological polar surface area (TPSA) is 40.5 Å². The summed E-state index contributed by atoms with van der Waals surface area (Å²) < 4.78 is 0.771. The Kier molecular flexibility index (Phi) is 3.71. The van der Waals surface area contributed by atoms with Crippen molar-refractivity contribution in [3.05, 3.63) is 57.2 Å². The summed E-state index contributed by atoms with van der Waals surface area (Å²) in [6, 6.07) is 13.2. The molecule has 2 aromatic rings. The Hall–Kier alpha value is -1.82. The van der Waals surface area contributed by atoms with Gasteiger partial charge in [-0.2, -0.15) is 0 Å². The first-order valence-corrected chi connectivity index (χ1v) is 7.81. The van der Waals surface area contributed by atoms with Crippen molar-refractivity contribution in [2.45, 2.75) is 6.92 Å². The molecule has 1 N–H and O–H groups in total. The van der Waals surface area contributed by atoms with Crippen molar-refractivity contribution < 1.29 is 9.90 Å². The molecule has 0 saturated heterocycles. The Morgan fingerprint density at radius 2 is 2.00 bits per heavy atom. The van der Waals surface area contributed by atoms with Crippen molar-refractivity contribution in [2.75, 3.05) is 11.4 Å². The maximum atomic E-state index is 12.6. The second-order valence-corrected chi connectivity index (χ2v) is 6.00. The molecule has 0 aromatic heterocycles. The quantitative estimate of drug-likeness (QED) is 0.623. The Morgan fingerprint density at radius 3 is 2.71 bits per heavy atom. The molecule has 0 aliphatic carbocycles. The lowest BCUT2D eigenvalue weighted by molar-refractivity contribution is -0.112. The van der Waals surface area contributed by atoms with E-state index in [-0.39, 0.29) is 11.7 Å². The minimum atomic E-state index is 0.0294. The number of phenols is 1. The van der Waals surface area contributed by atoms with Crippen LogP contribution in [-0.4, -0.2) is 17.6 Å². The molecule has 1 aliphatic rings. The number of nitrogens with zero attached hydrogens (tertiary/aromatic N) is 1. The molecule has 0 atom stereocenters. The minimum Gasteiger partial charge on any atom is -0.507 e. The Morgan fingerprint density at radius 1 is 1.24 bits per heavy atom. The van der Waals surface area contributed by atoms with E-state index in [2.05, 4.69) is 22.6 Å². The van der Waals surface area contributed by atoms with E-state index < -0.39 is 0 Å². The third kappa shape index (κ3) is 2.44. The predicted molar refractivity (Wildman–Crippen MR) is 93.2 cm³/mol. The first kappa shape index (κ1) is 14.1. The van der Waals surface area contributed by atoms with Gasteiger partial charge in [0.1, 0.15) is 5.75 Å². The number of benzene rings is 2. The van der Waals surface area contributed by atoms with Crippen molar-refractivity contribution in [2.24, 2.45) is 0 Å². The monoisotopic (exact) mass is 391 g/mol. The number of para-hydroxylation sites is 1. The fraction of sp³-hybridized carbons (Fsp3) is 0.118. The maximum absolute atomic E-state index is 12.6. The summed E-state index contributed by atoms with van der Waals surface area (Å²) >= 11 is 2.08. The molecule has 0 spiro atoms. The van der Waals surface area contributed by atoms with Crippen LogP contribution < -0.4 is 4.90 Å². The number of hydrogen-bond acceptors (Lipinski definition) is 2. The Labute approximate surface area is 137 Å². The van der Waals surface area contributed by atoms with Gasteiger partial charge in [-0.25, -0.2) is 0 Å². The first-order valence-electron chi connectivity index (χ1n) is 6.73. The fourth-order valence-corrected chi connectivity index (χ4v) is 3.08. The third-order valence-electron chi connectivity index (χ3n) is 3.56. The molecule has 4 heteroatoms. The number of hydrogen-bond donors (Lipinski definition) is 1. The number of carbonyl (C=O) groups excluding carboxylic acids is 1. The second kappa shape index (κ2) is 5.52. The van der Waals surface area contributed by atoms with Crippen LogP contribution in [-0.2, 0) is 4.79 Å². The van der Waals surface area contributed by atoms with Gasteiger partial charge in [0.25, 0.3) is 5.91 Å². The third-order valence-corrected chi connectivity index (χ3v) is 4.42. The van der Waals surface area contributed by atoms with Gasteiger partial charge in [-0.15, -0.1) is 0 Å². The molecule has 1 aliphatic heterocycles. The molecule has 2 aromatic carbocycles. The first-order chi connectivity index (χ1) is 10.1. The molecule has 0 bridgehead atoms. The van der Waals surface area contributed by atoms with Gasteiger partial charge < -0.3 is 10.0 Å². The average molecular weight is 391 g/mol. The van der Waals surface area contributed by atoms with E-state index in [0.29, 0.717) is 12.1 Å². The lowest BCUT2D eigenvalue weighted by Crippen LogP contribution is -2.25. The predicted octanol–water partition coefficient (Wildman–Crippen LogP) is 3.90. The highest BCUT2D eigenvalue weighted by Gasteiger charge is 2.30. The fourth-order valence-electron chi connectivity index (χ4n) is 2.54. The lowest BCUT2D eigenvalue weighted by atomic mass is 10.0. The molecule has 21 heavy (non-hydrogen) atoms. The number of phenolic OH excluding ortho intramolecular Hbond substituents is 1. The number of likely N-dealkylation sites (N-methyl/N-ethyl adjacent to an activating group) is 1. The Balaban J connectivity index is 2.11. The summed E-state index contributed by atoms with van der Waals surface area (Å²) in [4.78, 5) is 14.3. The van der Waals surface area contributed by atoms with Crippen molar-refractivity contribution in [1.82, 2.24) is 0 Å². The SMILES string of the molecule is CCN1C(=O)/C(=C\c2ccc(O)c(I)c2)c2ccccc21. The zero-order valence-electron chi connectivity index (χ0n) is 11.5. The highest BCUT2D eigenvalue weighted by molar-refractivity contribution is 14.1. The molecule has 0 unspecified atom stereocenters. The standard InChI is InChI=1S/C17H14INO2/c1-2-19-15-6-4-3-5-12(15)13(17(19)21)9-11-7-8-16(20)14(18)10-11/h3-10,20H,2H2,1H3/b13-9-. The van der Waals surface area contributed by atoms with E-state index in [1.54, 1.807) is 11.0 Å². The summed E-state index contributed by atoms with van der Waals surface area (Å²) in [6.45, 7) is 2.63. The number of amides is 1. The number of aromatic hydroxyl groups is 1. The maximum Gasteiger partial charge on any atom is 0.258 e. The van der Waals surface area contributed by atoms with Crippen molar-refractivity contribution >= 4 is 45.8 Å². The van der Waals surface area contributed by atoms with Crippen LogP contribution in [0, 0.1) is 3.57 Å². The van der Waals surface area contributed by atoms with Gasteiger partial charge in [0.05, 0.1) is 9.26 Å². The van der Waals surface area contributed by atoms with E-state index in [1.807, 2.05) is 49.4 Å². The smallest absolute Gasteiger partial charge is 0.258 e. The van der Waals surface area contributed by atoms with Crippen LogP contribution in [0.25, 0.3) is 11.6 Å². The van der Waals surface area contributed by atoms with Crippen LogP contribution in [0.2, 0.25) is 0 Å². The van der Waals surface area contributed by atoms with Gasteiger partial charge in [0, 0.05) is 17.7 Å². The molecule has 3 rings (SSSR count). The molecule has 1 amide bonds. The van der Waals surface area contributed by atoms with Crippen LogP contribution in [0.15, 0.2) is 42.5 Å². The number of rotatable bonds is 2. The van der Waals surface area contributed by atoms with Crippen LogP contribution in [0.5, 0.6) is 5.75 Å². The average Bonchev–Trinajstić information content (AvgIpc) is 2.75. The summed E-state index contributed by atoms with van der Waals surface area (Å²) in [5, 5.41) is 9.59. The van der Waals surface area contributed by atoms with Gasteiger partial charge in [0.15, 0.2) is 0 Å². The van der Waals surface area contributed by atoms with Crippen LogP contribution in [0.1, 0.15) is 18.1 Å². The van der Waals surface area contributed by atoms with E-state index >= 15 is 0 Å². The highest BCUT2D eigenvalue weighted by atomic mass is 127. The molecular formula is C17H14INO2. The minimum absolute atomic E-state index is 0.0294. The zero-order valence-corrected chi connectivity index (χ0v) is 13.7. The summed E-state index contributed by atoms with van der Waals surface area (Å²) in [7, 11) is 0. The Bertz CT molecular complexity index is 752. The summed E-state index contributed by atoms with van der Waals surface area (Å²) in [6.07, 6.45) is 1.89. The van der Waals surface area contributed by atoms with Crippen molar-refractivity contribution in [3.8, 4) is 5.75 Å². The van der Waals surface area contributed by atoms with Gasteiger partial charge in [-0.1, -0.05) is 24.3 Å². The molecule has 0 fully saturated rings. The second-order valence-electron chi connectivity index (χ2n) is 4.84. The van der Waals surface area contributed by atoms with E-state index in [1.165, 1.54) is 0 Å².